The van der Waals surface area contributed by atoms with E-state index in [1.54, 1.807) is 7.05 Å². The van der Waals surface area contributed by atoms with Crippen LogP contribution in [-0.4, -0.2) is 25.0 Å². The molecule has 63 valence electrons. The maximum atomic E-state index is 11.5. The molecule has 0 atom stereocenters. The number of hydrogen-bond acceptors (Lipinski definition) is 2. The Bertz CT molecular complexity index is 177. The number of rotatable bonds is 1. The molecule has 0 amide bonds. The Kier molecular flexibility index (Phi) is 1.95. The number of ether oxygens (including phenoxy) is 1. The Morgan fingerprint density at radius 1 is 1.64 bits per heavy atom. The molecular weight excluding hydrogens is 161 g/mol. The van der Waals surface area contributed by atoms with Gasteiger partial charge < -0.3 is 4.74 Å². The first-order valence-electron chi connectivity index (χ1n) is 2.84. The van der Waals surface area contributed by atoms with Gasteiger partial charge in [-0.2, -0.15) is 5.01 Å². The van der Waals surface area contributed by atoms with E-state index in [9.17, 15) is 13.2 Å². The highest BCUT2D eigenvalue weighted by Gasteiger charge is 2.33. The topological polar surface area (TPSA) is 26.6 Å². The van der Waals surface area contributed by atoms with Crippen molar-refractivity contribution < 1.29 is 17.9 Å². The lowest BCUT2D eigenvalue weighted by Crippen LogP contribution is -2.21. The highest BCUT2D eigenvalue weighted by atomic mass is 19.4. The van der Waals surface area contributed by atoms with Crippen molar-refractivity contribution in [1.29, 1.82) is 0 Å². The predicted octanol–water partition coefficient (Wildman–Crippen LogP) is 0.829. The molecule has 1 aliphatic heterocycles. The lowest BCUT2D eigenvalue weighted by Gasteiger charge is -2.09. The first-order chi connectivity index (χ1) is 4.97. The maximum absolute atomic E-state index is 11.5. The average Bonchev–Trinajstić information content (AvgIpc) is 2.10. The van der Waals surface area contributed by atoms with E-state index in [0.717, 1.165) is 6.20 Å². The van der Waals surface area contributed by atoms with Gasteiger partial charge in [-0.1, -0.05) is 0 Å². The normalized spacial score (nSPS) is 19.5. The van der Waals surface area contributed by atoms with Crippen molar-refractivity contribution in [3.63, 3.8) is 0 Å². The van der Waals surface area contributed by atoms with E-state index in [-0.39, 0.29) is 12.3 Å². The minimum atomic E-state index is -4.60. The van der Waals surface area contributed by atoms with Gasteiger partial charge >= 0.3 is 6.36 Å². The third kappa shape index (κ3) is 2.67. The smallest absolute Gasteiger partial charge is 0.407 e. The number of alkyl halides is 3. The van der Waals surface area contributed by atoms with E-state index in [1.807, 2.05) is 0 Å². The van der Waals surface area contributed by atoms with Gasteiger partial charge in [0.15, 0.2) is 0 Å². The van der Waals surface area contributed by atoms with Gasteiger partial charge in [0.1, 0.15) is 5.76 Å². The fourth-order valence-corrected chi connectivity index (χ4v) is 0.677. The van der Waals surface area contributed by atoms with Gasteiger partial charge in [0.25, 0.3) is 0 Å². The molecule has 0 saturated heterocycles. The fourth-order valence-electron chi connectivity index (χ4n) is 0.677. The second kappa shape index (κ2) is 2.61. The molecule has 11 heavy (non-hydrogen) atoms. The van der Waals surface area contributed by atoms with Crippen LogP contribution in [0.4, 0.5) is 13.2 Å². The van der Waals surface area contributed by atoms with E-state index in [4.69, 9.17) is 0 Å². The Balaban J connectivity index is 2.40. The third-order valence-electron chi connectivity index (χ3n) is 1.03. The minimum Gasteiger partial charge on any atom is -0.407 e. The molecule has 0 aromatic heterocycles. The number of nitrogens with zero attached hydrogens (tertiary/aromatic N) is 2. The molecule has 6 heteroatoms. The molecule has 0 N–H and O–H groups in total. The Labute approximate surface area is 61.4 Å². The average molecular weight is 167 g/mol. The van der Waals surface area contributed by atoms with Crippen LogP contribution in [0.25, 0.3) is 0 Å². The quantitative estimate of drug-likeness (QED) is 0.578. The molecule has 1 radical (unpaired) electrons. The summed E-state index contributed by atoms with van der Waals surface area (Å²) in [5.74, 6) is -0.181. The third-order valence-corrected chi connectivity index (χ3v) is 1.03. The van der Waals surface area contributed by atoms with Crippen molar-refractivity contribution in [3.8, 4) is 0 Å². The SMILES string of the molecule is CN1CC(OC(F)(F)F)=C[N]1. The second-order valence-electron chi connectivity index (χ2n) is 2.07. The molecule has 0 bridgehead atoms. The highest BCUT2D eigenvalue weighted by Crippen LogP contribution is 2.22. The lowest BCUT2D eigenvalue weighted by atomic mass is 10.5. The predicted molar refractivity (Wildman–Crippen MR) is 30.0 cm³/mol. The summed E-state index contributed by atoms with van der Waals surface area (Å²) >= 11 is 0. The first-order valence-corrected chi connectivity index (χ1v) is 2.84. The molecule has 1 aliphatic rings. The van der Waals surface area contributed by atoms with Crippen LogP contribution in [-0.2, 0) is 4.74 Å². The van der Waals surface area contributed by atoms with Crippen LogP contribution in [0, 0.1) is 0 Å². The molecule has 1 rings (SSSR count). The standard InChI is InChI=1S/C5H6F3N2O/c1-10-3-4(2-9-10)11-5(6,7)8/h2H,3H2,1H3. The van der Waals surface area contributed by atoms with Gasteiger partial charge in [-0.25, -0.2) is 5.43 Å². The molecule has 3 nitrogen and oxygen atoms in total. The van der Waals surface area contributed by atoms with E-state index >= 15 is 0 Å². The van der Waals surface area contributed by atoms with Crippen molar-refractivity contribution in [2.24, 2.45) is 0 Å². The van der Waals surface area contributed by atoms with Crippen LogP contribution in [0.15, 0.2) is 12.0 Å². The fraction of sp³-hybridized carbons (Fsp3) is 0.600. The summed E-state index contributed by atoms with van der Waals surface area (Å²) in [6, 6.07) is 0. The van der Waals surface area contributed by atoms with Crippen LogP contribution >= 0.6 is 0 Å². The minimum absolute atomic E-state index is 0.0690. The molecular formula is C5H6F3N2O. The van der Waals surface area contributed by atoms with Crippen LogP contribution in [0.5, 0.6) is 0 Å². The Morgan fingerprint density at radius 3 is 2.64 bits per heavy atom. The van der Waals surface area contributed by atoms with Crippen molar-refractivity contribution in [2.45, 2.75) is 6.36 Å². The number of hydrogen-bond donors (Lipinski definition) is 0. The molecule has 0 saturated carbocycles. The van der Waals surface area contributed by atoms with Crippen LogP contribution in [0.2, 0.25) is 0 Å². The molecule has 0 spiro atoms. The summed E-state index contributed by atoms with van der Waals surface area (Å²) in [7, 11) is 1.56. The van der Waals surface area contributed by atoms with E-state index in [2.05, 4.69) is 10.2 Å². The second-order valence-corrected chi connectivity index (χ2v) is 2.07. The summed E-state index contributed by atoms with van der Waals surface area (Å²) in [4.78, 5) is 0. The monoisotopic (exact) mass is 167 g/mol. The molecule has 0 aliphatic carbocycles. The molecule has 0 aromatic carbocycles. The molecule has 1 heterocycles. The van der Waals surface area contributed by atoms with Crippen molar-refractivity contribution in [1.82, 2.24) is 10.4 Å². The molecule has 0 aromatic rings. The van der Waals surface area contributed by atoms with E-state index in [0.29, 0.717) is 0 Å². The summed E-state index contributed by atoms with van der Waals surface area (Å²) in [5, 5.41) is 1.35. The molecule has 0 unspecified atom stereocenters. The van der Waals surface area contributed by atoms with E-state index in [1.165, 1.54) is 5.01 Å². The Morgan fingerprint density at radius 2 is 2.27 bits per heavy atom. The molecule has 0 fully saturated rings. The zero-order chi connectivity index (χ0) is 8.48. The highest BCUT2D eigenvalue weighted by molar-refractivity contribution is 4.98. The van der Waals surface area contributed by atoms with Crippen LogP contribution in [0.1, 0.15) is 0 Å². The summed E-state index contributed by atoms with van der Waals surface area (Å²) in [6.45, 7) is 0.0690. The zero-order valence-corrected chi connectivity index (χ0v) is 5.72. The zero-order valence-electron chi connectivity index (χ0n) is 5.72. The maximum Gasteiger partial charge on any atom is 0.572 e. The van der Waals surface area contributed by atoms with Gasteiger partial charge in [0.2, 0.25) is 0 Å². The Hall–Kier alpha value is -0.910. The van der Waals surface area contributed by atoms with Gasteiger partial charge in [-0.3, -0.25) is 0 Å². The summed E-state index contributed by atoms with van der Waals surface area (Å²) < 4.78 is 38.1. The number of halogens is 3. The van der Waals surface area contributed by atoms with Gasteiger partial charge in [-0.15, -0.1) is 13.2 Å². The first kappa shape index (κ1) is 8.19. The number of likely N-dealkylation sites (N-methyl/N-ethyl adjacent to an activating group) is 1. The van der Waals surface area contributed by atoms with E-state index < -0.39 is 6.36 Å². The van der Waals surface area contributed by atoms with Crippen LogP contribution in [0.3, 0.4) is 0 Å². The van der Waals surface area contributed by atoms with Crippen molar-refractivity contribution >= 4 is 0 Å². The largest absolute Gasteiger partial charge is 0.572 e. The summed E-state index contributed by atoms with van der Waals surface area (Å²) in [5.41, 5.74) is 3.55. The lowest BCUT2D eigenvalue weighted by molar-refractivity contribution is -0.305. The summed E-state index contributed by atoms with van der Waals surface area (Å²) in [6.07, 6.45) is -3.56. The van der Waals surface area contributed by atoms with Gasteiger partial charge in [0.05, 0.1) is 12.7 Å². The van der Waals surface area contributed by atoms with Crippen molar-refractivity contribution in [3.05, 3.63) is 12.0 Å². The van der Waals surface area contributed by atoms with Gasteiger partial charge in [-0.05, 0) is 0 Å². The van der Waals surface area contributed by atoms with Crippen molar-refractivity contribution in [2.75, 3.05) is 13.6 Å². The van der Waals surface area contributed by atoms with Gasteiger partial charge in [0, 0.05) is 7.05 Å². The van der Waals surface area contributed by atoms with Crippen LogP contribution < -0.4 is 5.43 Å².